The molecule has 6 nitrogen and oxygen atoms in total. The summed E-state index contributed by atoms with van der Waals surface area (Å²) in [7, 11) is -2.62. The van der Waals surface area contributed by atoms with Crippen LogP contribution in [0.5, 0.6) is 5.75 Å². The van der Waals surface area contributed by atoms with E-state index in [1.165, 1.54) is 6.07 Å². The summed E-state index contributed by atoms with van der Waals surface area (Å²) in [5.74, 6) is 1.25. The normalized spacial score (nSPS) is 10.8. The van der Waals surface area contributed by atoms with Gasteiger partial charge in [0.1, 0.15) is 11.3 Å². The number of sulfonamides is 1. The van der Waals surface area contributed by atoms with Crippen LogP contribution in [0.1, 0.15) is 23.2 Å². The average molecular weight is 297 g/mol. The van der Waals surface area contributed by atoms with Crippen molar-refractivity contribution in [1.29, 1.82) is 0 Å². The second kappa shape index (κ2) is 6.93. The highest BCUT2D eigenvalue weighted by Crippen LogP contribution is 2.22. The van der Waals surface area contributed by atoms with E-state index in [9.17, 15) is 18.3 Å². The quantitative estimate of drug-likeness (QED) is 0.462. The first-order chi connectivity index (χ1) is 9.42. The number of phenolic OH excluding ortho intramolecular Hbond substituents is 1. The van der Waals surface area contributed by atoms with Crippen molar-refractivity contribution in [1.82, 2.24) is 4.72 Å². The predicted octanol–water partition coefficient (Wildman–Crippen LogP) is 0.870. The molecule has 0 unspecified atom stereocenters. The van der Waals surface area contributed by atoms with Gasteiger partial charge in [0.15, 0.2) is 0 Å². The van der Waals surface area contributed by atoms with Gasteiger partial charge in [-0.1, -0.05) is 0 Å². The van der Waals surface area contributed by atoms with Gasteiger partial charge < -0.3 is 9.84 Å². The fourth-order valence-corrected chi connectivity index (χ4v) is 2.54. The van der Waals surface area contributed by atoms with E-state index in [-0.39, 0.29) is 22.8 Å². The lowest BCUT2D eigenvalue weighted by molar-refractivity contribution is 0.0597. The van der Waals surface area contributed by atoms with Crippen LogP contribution in [0.4, 0.5) is 0 Å². The first kappa shape index (κ1) is 16.0. The number of ether oxygens (including phenoxy) is 1. The van der Waals surface area contributed by atoms with Gasteiger partial charge in [-0.25, -0.2) is 17.9 Å². The number of aromatic hydroxyl groups is 1. The number of hydrogen-bond donors (Lipinski definition) is 2. The molecule has 1 rings (SSSR count). The monoisotopic (exact) mass is 297 g/mol. The number of hydrogen-bond acceptors (Lipinski definition) is 5. The van der Waals surface area contributed by atoms with Gasteiger partial charge in [-0.3, -0.25) is 0 Å². The van der Waals surface area contributed by atoms with E-state index >= 15 is 0 Å². The molecule has 0 fully saturated rings. The topological polar surface area (TPSA) is 92.7 Å². The highest BCUT2D eigenvalue weighted by Gasteiger charge is 2.19. The van der Waals surface area contributed by atoms with Crippen LogP contribution in [0.25, 0.3) is 0 Å². The zero-order valence-corrected chi connectivity index (χ0v) is 11.7. The third-order valence-electron chi connectivity index (χ3n) is 2.47. The number of carbonyl (C=O) groups excluding carboxylic acids is 1. The van der Waals surface area contributed by atoms with Gasteiger partial charge in [-0.05, 0) is 24.6 Å². The Morgan fingerprint density at radius 1 is 1.50 bits per heavy atom. The Hall–Kier alpha value is -2.04. The fourth-order valence-electron chi connectivity index (χ4n) is 1.44. The molecule has 0 aliphatic heterocycles. The lowest BCUT2D eigenvalue weighted by atomic mass is 10.2. The zero-order valence-electron chi connectivity index (χ0n) is 10.9. The smallest absolute Gasteiger partial charge is 0.341 e. The molecule has 0 aliphatic carbocycles. The van der Waals surface area contributed by atoms with E-state index in [4.69, 9.17) is 6.42 Å². The van der Waals surface area contributed by atoms with Crippen molar-refractivity contribution in [3.8, 4) is 18.1 Å². The number of unbranched alkanes of at least 4 members (excludes halogenated alkanes) is 1. The second-order valence-electron chi connectivity index (χ2n) is 3.88. The maximum absolute atomic E-state index is 12.0. The van der Waals surface area contributed by atoms with Crippen molar-refractivity contribution in [3.63, 3.8) is 0 Å². The molecular formula is C13H15NO5S. The van der Waals surface area contributed by atoms with Crippen LogP contribution in [0.2, 0.25) is 0 Å². The lowest BCUT2D eigenvalue weighted by Gasteiger charge is -2.08. The highest BCUT2D eigenvalue weighted by atomic mass is 32.2. The Morgan fingerprint density at radius 3 is 2.80 bits per heavy atom. The Kier molecular flexibility index (Phi) is 5.55. The van der Waals surface area contributed by atoms with Crippen molar-refractivity contribution in [2.45, 2.75) is 17.7 Å². The average Bonchev–Trinajstić information content (AvgIpc) is 2.43. The van der Waals surface area contributed by atoms with Crippen LogP contribution in [0.3, 0.4) is 0 Å². The van der Waals surface area contributed by atoms with Gasteiger partial charge in [-0.2, -0.15) is 0 Å². The molecule has 20 heavy (non-hydrogen) atoms. The number of nitrogens with one attached hydrogen (secondary N) is 1. The van der Waals surface area contributed by atoms with Crippen LogP contribution in [0, 0.1) is 12.3 Å². The molecular weight excluding hydrogens is 282 g/mol. The zero-order chi connectivity index (χ0) is 15.2. The summed E-state index contributed by atoms with van der Waals surface area (Å²) in [6, 6.07) is 3.39. The molecule has 0 bridgehead atoms. The van der Waals surface area contributed by atoms with Crippen LogP contribution in [0.15, 0.2) is 23.1 Å². The molecule has 108 valence electrons. The van der Waals surface area contributed by atoms with Crippen molar-refractivity contribution >= 4 is 16.0 Å². The molecule has 0 amide bonds. The number of carbonyl (C=O) groups is 1. The minimum absolute atomic E-state index is 0.128. The van der Waals surface area contributed by atoms with Crippen molar-refractivity contribution in [2.75, 3.05) is 13.7 Å². The lowest BCUT2D eigenvalue weighted by Crippen LogP contribution is -2.25. The van der Waals surface area contributed by atoms with Crippen LogP contribution in [-0.4, -0.2) is 33.1 Å². The Bertz CT molecular complexity index is 631. The van der Waals surface area contributed by atoms with Crippen LogP contribution in [-0.2, 0) is 14.8 Å². The number of phenols is 1. The summed E-state index contributed by atoms with van der Waals surface area (Å²) in [4.78, 5) is 11.3. The Balaban J connectivity index is 2.96. The van der Waals surface area contributed by atoms with E-state index in [1.807, 2.05) is 0 Å². The minimum atomic E-state index is -3.76. The highest BCUT2D eigenvalue weighted by molar-refractivity contribution is 7.89. The van der Waals surface area contributed by atoms with Gasteiger partial charge >= 0.3 is 5.97 Å². The van der Waals surface area contributed by atoms with Gasteiger partial charge in [0.05, 0.1) is 12.0 Å². The van der Waals surface area contributed by atoms with Crippen molar-refractivity contribution < 1.29 is 23.1 Å². The van der Waals surface area contributed by atoms with Gasteiger partial charge in [0.25, 0.3) is 0 Å². The number of terminal acetylenes is 1. The largest absolute Gasteiger partial charge is 0.507 e. The van der Waals surface area contributed by atoms with E-state index in [2.05, 4.69) is 15.4 Å². The van der Waals surface area contributed by atoms with Gasteiger partial charge in [-0.15, -0.1) is 12.3 Å². The summed E-state index contributed by atoms with van der Waals surface area (Å²) in [5, 5.41) is 9.51. The maximum Gasteiger partial charge on any atom is 0.341 e. The Labute approximate surface area is 117 Å². The number of rotatable bonds is 6. The third-order valence-corrected chi connectivity index (χ3v) is 3.93. The summed E-state index contributed by atoms with van der Waals surface area (Å²) >= 11 is 0. The molecule has 1 aromatic carbocycles. The Morgan fingerprint density at radius 2 is 2.20 bits per heavy atom. The molecule has 0 aliphatic rings. The molecule has 2 N–H and O–H groups in total. The molecule has 0 saturated heterocycles. The van der Waals surface area contributed by atoms with Crippen LogP contribution < -0.4 is 4.72 Å². The van der Waals surface area contributed by atoms with E-state index in [0.717, 1.165) is 19.2 Å². The van der Waals surface area contributed by atoms with Crippen LogP contribution >= 0.6 is 0 Å². The first-order valence-corrected chi connectivity index (χ1v) is 7.25. The summed E-state index contributed by atoms with van der Waals surface area (Å²) < 4.78 is 30.8. The molecule has 0 saturated carbocycles. The van der Waals surface area contributed by atoms with Crippen molar-refractivity contribution in [3.05, 3.63) is 23.8 Å². The molecule has 0 heterocycles. The number of benzene rings is 1. The summed E-state index contributed by atoms with van der Waals surface area (Å²) in [6.45, 7) is 0.195. The number of esters is 1. The molecule has 0 aromatic heterocycles. The minimum Gasteiger partial charge on any atom is -0.507 e. The molecule has 0 spiro atoms. The molecule has 1 aromatic rings. The SMILES string of the molecule is C#CCCCNS(=O)(=O)c1ccc(O)c(C(=O)OC)c1. The standard InChI is InChI=1S/C13H15NO5S/c1-3-4-5-8-14-20(17,18)10-6-7-12(15)11(9-10)13(16)19-2/h1,6-7,9,14-15H,4-5,8H2,2H3. The van der Waals surface area contributed by atoms with Gasteiger partial charge in [0, 0.05) is 13.0 Å². The fraction of sp³-hybridized carbons (Fsp3) is 0.308. The van der Waals surface area contributed by atoms with E-state index in [1.54, 1.807) is 0 Å². The summed E-state index contributed by atoms with van der Waals surface area (Å²) in [5.41, 5.74) is -0.209. The molecule has 7 heteroatoms. The van der Waals surface area contributed by atoms with E-state index in [0.29, 0.717) is 12.8 Å². The maximum atomic E-state index is 12.0. The van der Waals surface area contributed by atoms with E-state index < -0.39 is 16.0 Å². The first-order valence-electron chi connectivity index (χ1n) is 5.77. The summed E-state index contributed by atoms with van der Waals surface area (Å²) in [6.07, 6.45) is 6.04. The number of methoxy groups -OCH3 is 1. The second-order valence-corrected chi connectivity index (χ2v) is 5.64. The third kappa shape index (κ3) is 3.98. The van der Waals surface area contributed by atoms with Gasteiger partial charge in [0.2, 0.25) is 10.0 Å². The molecule has 0 atom stereocenters. The molecule has 0 radical (unpaired) electrons. The van der Waals surface area contributed by atoms with Crippen molar-refractivity contribution in [2.24, 2.45) is 0 Å². The predicted molar refractivity (Wildman–Crippen MR) is 72.7 cm³/mol.